The molecule has 146 valence electrons. The van der Waals surface area contributed by atoms with E-state index in [1.807, 2.05) is 30.9 Å². The Hall–Kier alpha value is -2.12. The molecular formula is C19H25ClN4O3. The van der Waals surface area contributed by atoms with Gasteiger partial charge in [-0.2, -0.15) is 0 Å². The highest BCUT2D eigenvalue weighted by molar-refractivity contribution is 6.11. The first-order valence-electron chi connectivity index (χ1n) is 9.18. The van der Waals surface area contributed by atoms with Crippen LogP contribution in [-0.2, 0) is 9.59 Å². The third-order valence-electron chi connectivity index (χ3n) is 5.86. The van der Waals surface area contributed by atoms with Crippen molar-refractivity contribution in [2.75, 3.05) is 31.1 Å². The molecule has 3 amide bonds. The lowest BCUT2D eigenvalue weighted by atomic mass is 9.98. The summed E-state index contributed by atoms with van der Waals surface area (Å²) in [5.74, 6) is -0.238. The Morgan fingerprint density at radius 2 is 2.04 bits per heavy atom. The van der Waals surface area contributed by atoms with Crippen LogP contribution in [0.4, 0.5) is 5.69 Å². The van der Waals surface area contributed by atoms with Gasteiger partial charge in [-0.15, -0.1) is 12.4 Å². The summed E-state index contributed by atoms with van der Waals surface area (Å²) in [6.07, 6.45) is 0.920. The van der Waals surface area contributed by atoms with Crippen molar-refractivity contribution in [1.82, 2.24) is 15.1 Å². The van der Waals surface area contributed by atoms with Crippen LogP contribution >= 0.6 is 12.4 Å². The molecule has 1 aromatic rings. The molecule has 8 heteroatoms. The maximum Gasteiger partial charge on any atom is 0.258 e. The number of anilines is 1. The molecule has 0 bridgehead atoms. The average Bonchev–Trinajstić information content (AvgIpc) is 2.95. The predicted molar refractivity (Wildman–Crippen MR) is 104 cm³/mol. The van der Waals surface area contributed by atoms with E-state index in [0.29, 0.717) is 30.6 Å². The van der Waals surface area contributed by atoms with Gasteiger partial charge in [-0.3, -0.25) is 19.3 Å². The van der Waals surface area contributed by atoms with Gasteiger partial charge in [-0.05, 0) is 32.4 Å². The minimum absolute atomic E-state index is 0. The molecule has 3 aliphatic heterocycles. The van der Waals surface area contributed by atoms with E-state index in [1.54, 1.807) is 21.9 Å². The molecule has 2 atom stereocenters. The van der Waals surface area contributed by atoms with Gasteiger partial charge in [0.2, 0.25) is 11.8 Å². The first kappa shape index (κ1) is 19.6. The van der Waals surface area contributed by atoms with Crippen molar-refractivity contribution in [3.05, 3.63) is 29.8 Å². The van der Waals surface area contributed by atoms with Crippen molar-refractivity contribution in [1.29, 1.82) is 0 Å². The standard InChI is InChI=1S/C19H24N4O3.ClH/c1-13-11-20-9-10-21(13)17(25)12-22-18(26)14-5-3-4-6-15(14)23-16(24)7-8-19(22,23)2;/h3-6,13,20H,7-12H2,1-2H3;1H/t13-,19?;/m0./s1. The van der Waals surface area contributed by atoms with Gasteiger partial charge in [0.15, 0.2) is 0 Å². The number of hydrogen-bond acceptors (Lipinski definition) is 4. The second-order valence-corrected chi connectivity index (χ2v) is 7.49. The van der Waals surface area contributed by atoms with Gasteiger partial charge in [-0.1, -0.05) is 12.1 Å². The largest absolute Gasteiger partial charge is 0.336 e. The number of fused-ring (bicyclic) bond motifs is 3. The maximum absolute atomic E-state index is 13.2. The molecule has 0 spiro atoms. The molecule has 3 heterocycles. The highest BCUT2D eigenvalue weighted by atomic mass is 35.5. The van der Waals surface area contributed by atoms with Crippen molar-refractivity contribution in [2.45, 2.75) is 38.4 Å². The fraction of sp³-hybridized carbons (Fsp3) is 0.526. The summed E-state index contributed by atoms with van der Waals surface area (Å²) in [5.41, 5.74) is 0.359. The van der Waals surface area contributed by atoms with Crippen LogP contribution < -0.4 is 10.2 Å². The normalized spacial score (nSPS) is 27.2. The Morgan fingerprint density at radius 3 is 2.78 bits per heavy atom. The Balaban J connectivity index is 0.00000210. The topological polar surface area (TPSA) is 73.0 Å². The zero-order chi connectivity index (χ0) is 18.5. The molecule has 0 saturated carbocycles. The molecule has 0 aromatic heterocycles. The number of carbonyl (C=O) groups excluding carboxylic acids is 3. The Kier molecular flexibility index (Phi) is 5.18. The smallest absolute Gasteiger partial charge is 0.258 e. The lowest BCUT2D eigenvalue weighted by molar-refractivity contribution is -0.136. The second-order valence-electron chi connectivity index (χ2n) is 7.49. The van der Waals surface area contributed by atoms with Gasteiger partial charge >= 0.3 is 0 Å². The zero-order valence-corrected chi connectivity index (χ0v) is 16.4. The van der Waals surface area contributed by atoms with Crippen molar-refractivity contribution in [3.8, 4) is 0 Å². The van der Waals surface area contributed by atoms with Gasteiger partial charge in [-0.25, -0.2) is 0 Å². The number of piperazine rings is 1. The van der Waals surface area contributed by atoms with E-state index in [0.717, 1.165) is 13.1 Å². The summed E-state index contributed by atoms with van der Waals surface area (Å²) >= 11 is 0. The summed E-state index contributed by atoms with van der Waals surface area (Å²) in [5, 5.41) is 3.27. The number of rotatable bonds is 2. The summed E-state index contributed by atoms with van der Waals surface area (Å²) in [6, 6.07) is 7.26. The molecule has 7 nitrogen and oxygen atoms in total. The maximum atomic E-state index is 13.2. The number of nitrogens with zero attached hydrogens (tertiary/aromatic N) is 3. The van der Waals surface area contributed by atoms with Crippen LogP contribution in [0.25, 0.3) is 0 Å². The summed E-state index contributed by atoms with van der Waals surface area (Å²) < 4.78 is 0. The van der Waals surface area contributed by atoms with Gasteiger partial charge < -0.3 is 15.1 Å². The van der Waals surface area contributed by atoms with E-state index in [-0.39, 0.29) is 42.7 Å². The lowest BCUT2D eigenvalue weighted by Crippen LogP contribution is -2.65. The SMILES string of the molecule is C[C@H]1CNCCN1C(=O)CN1C(=O)c2ccccc2N2C(=O)CCC12C.Cl. The van der Waals surface area contributed by atoms with Gasteiger partial charge in [0.1, 0.15) is 12.2 Å². The van der Waals surface area contributed by atoms with Crippen molar-refractivity contribution < 1.29 is 14.4 Å². The number of carbonyl (C=O) groups is 3. The molecule has 1 unspecified atom stereocenters. The minimum Gasteiger partial charge on any atom is -0.336 e. The Labute approximate surface area is 165 Å². The highest BCUT2D eigenvalue weighted by Crippen LogP contribution is 2.43. The molecule has 2 fully saturated rings. The molecule has 0 aliphatic carbocycles. The van der Waals surface area contributed by atoms with Crippen molar-refractivity contribution >= 4 is 35.8 Å². The second kappa shape index (κ2) is 7.13. The molecular weight excluding hydrogens is 368 g/mol. The molecule has 3 aliphatic rings. The molecule has 2 saturated heterocycles. The highest BCUT2D eigenvalue weighted by Gasteiger charge is 2.53. The molecule has 1 aromatic carbocycles. The van der Waals surface area contributed by atoms with E-state index >= 15 is 0 Å². The molecule has 4 rings (SSSR count). The van der Waals surface area contributed by atoms with Crippen molar-refractivity contribution in [3.63, 3.8) is 0 Å². The van der Waals surface area contributed by atoms with E-state index < -0.39 is 5.66 Å². The van der Waals surface area contributed by atoms with Crippen LogP contribution in [0.15, 0.2) is 24.3 Å². The van der Waals surface area contributed by atoms with Crippen LogP contribution in [0.3, 0.4) is 0 Å². The predicted octanol–water partition coefficient (Wildman–Crippen LogP) is 1.23. The van der Waals surface area contributed by atoms with Gasteiger partial charge in [0, 0.05) is 32.1 Å². The Morgan fingerprint density at radius 1 is 1.30 bits per heavy atom. The fourth-order valence-electron chi connectivity index (χ4n) is 4.38. The van der Waals surface area contributed by atoms with Crippen LogP contribution in [-0.4, -0.2) is 65.4 Å². The van der Waals surface area contributed by atoms with E-state index in [4.69, 9.17) is 0 Å². The Bertz CT molecular complexity index is 786. The first-order chi connectivity index (χ1) is 12.4. The summed E-state index contributed by atoms with van der Waals surface area (Å²) in [6.45, 7) is 6.04. The number of nitrogens with one attached hydrogen (secondary N) is 1. The van der Waals surface area contributed by atoms with Crippen LogP contribution in [0.1, 0.15) is 37.0 Å². The molecule has 27 heavy (non-hydrogen) atoms. The van der Waals surface area contributed by atoms with Crippen molar-refractivity contribution in [2.24, 2.45) is 0 Å². The number of hydrogen-bond donors (Lipinski definition) is 1. The van der Waals surface area contributed by atoms with Crippen LogP contribution in [0, 0.1) is 0 Å². The summed E-state index contributed by atoms with van der Waals surface area (Å²) in [4.78, 5) is 43.8. The number of amides is 3. The van der Waals surface area contributed by atoms with E-state index in [1.165, 1.54) is 0 Å². The van der Waals surface area contributed by atoms with E-state index in [9.17, 15) is 14.4 Å². The summed E-state index contributed by atoms with van der Waals surface area (Å²) in [7, 11) is 0. The van der Waals surface area contributed by atoms with Crippen LogP contribution in [0.2, 0.25) is 0 Å². The quantitative estimate of drug-likeness (QED) is 0.821. The number of halogens is 1. The minimum atomic E-state index is -0.782. The monoisotopic (exact) mass is 392 g/mol. The van der Waals surface area contributed by atoms with E-state index in [2.05, 4.69) is 5.32 Å². The zero-order valence-electron chi connectivity index (χ0n) is 15.6. The van der Waals surface area contributed by atoms with Crippen LogP contribution in [0.5, 0.6) is 0 Å². The van der Waals surface area contributed by atoms with Gasteiger partial charge in [0.05, 0.1) is 11.3 Å². The third kappa shape index (κ3) is 2.99. The number of para-hydroxylation sites is 1. The van der Waals surface area contributed by atoms with Gasteiger partial charge in [0.25, 0.3) is 5.91 Å². The third-order valence-corrected chi connectivity index (χ3v) is 5.86. The molecule has 1 N–H and O–H groups in total. The first-order valence-corrected chi connectivity index (χ1v) is 9.18. The molecule has 0 radical (unpaired) electrons. The lowest BCUT2D eigenvalue weighted by Gasteiger charge is -2.49. The average molecular weight is 393 g/mol. The fourth-order valence-corrected chi connectivity index (χ4v) is 4.38. The number of benzene rings is 1.